The molecule has 0 aromatic heterocycles. The van der Waals surface area contributed by atoms with E-state index in [2.05, 4.69) is 10.0 Å². The summed E-state index contributed by atoms with van der Waals surface area (Å²) in [5.41, 5.74) is 0.624. The van der Waals surface area contributed by atoms with Gasteiger partial charge in [0.1, 0.15) is 4.90 Å². The maximum absolute atomic E-state index is 12.2. The molecule has 0 saturated carbocycles. The van der Waals surface area contributed by atoms with Gasteiger partial charge < -0.3 is 10.1 Å². The number of nitrogens with one attached hydrogen (secondary N) is 2. The van der Waals surface area contributed by atoms with Crippen molar-refractivity contribution in [3.63, 3.8) is 0 Å². The highest BCUT2D eigenvalue weighted by Crippen LogP contribution is 2.20. The Morgan fingerprint density at radius 2 is 2.00 bits per heavy atom. The van der Waals surface area contributed by atoms with Gasteiger partial charge in [0.2, 0.25) is 10.0 Å². The van der Waals surface area contributed by atoms with Gasteiger partial charge >= 0.3 is 0 Å². The van der Waals surface area contributed by atoms with Crippen LogP contribution < -0.4 is 10.0 Å². The van der Waals surface area contributed by atoms with E-state index in [-0.39, 0.29) is 4.90 Å². The van der Waals surface area contributed by atoms with Crippen LogP contribution in [0.1, 0.15) is 20.3 Å². The molecule has 5 nitrogen and oxygen atoms in total. The Labute approximate surface area is 121 Å². The molecule has 0 aliphatic rings. The van der Waals surface area contributed by atoms with E-state index in [0.29, 0.717) is 31.3 Å². The van der Waals surface area contributed by atoms with E-state index in [9.17, 15) is 8.42 Å². The second kappa shape index (κ2) is 8.24. The normalized spacial score (nSPS) is 13.2. The molecule has 0 aliphatic heterocycles. The molecule has 1 unspecified atom stereocenters. The van der Waals surface area contributed by atoms with Gasteiger partial charge in [0.15, 0.2) is 0 Å². The fourth-order valence-corrected chi connectivity index (χ4v) is 3.10. The maximum Gasteiger partial charge on any atom is 0.242 e. The van der Waals surface area contributed by atoms with Crippen LogP contribution in [-0.2, 0) is 14.8 Å². The minimum Gasteiger partial charge on any atom is -0.384 e. The lowest BCUT2D eigenvalue weighted by Crippen LogP contribution is -2.26. The first-order valence-corrected chi connectivity index (χ1v) is 8.31. The Bertz CT molecular complexity index is 503. The Balaban J connectivity index is 2.83. The molecule has 0 radical (unpaired) electrons. The Morgan fingerprint density at radius 3 is 2.65 bits per heavy atom. The quantitative estimate of drug-likeness (QED) is 0.732. The number of methoxy groups -OCH3 is 1. The summed E-state index contributed by atoms with van der Waals surface area (Å²) in [6, 6.07) is 6.94. The number of sulfonamides is 1. The van der Waals surface area contributed by atoms with Crippen molar-refractivity contribution in [3.8, 4) is 0 Å². The van der Waals surface area contributed by atoms with Gasteiger partial charge in [-0.2, -0.15) is 0 Å². The molecule has 0 spiro atoms. The molecule has 0 amide bonds. The number of rotatable bonds is 9. The molecule has 0 saturated heterocycles. The Hall–Kier alpha value is -1.11. The summed E-state index contributed by atoms with van der Waals surface area (Å²) in [4.78, 5) is 0.290. The first kappa shape index (κ1) is 16.9. The van der Waals surface area contributed by atoms with Crippen molar-refractivity contribution in [3.05, 3.63) is 24.3 Å². The third kappa shape index (κ3) is 5.11. The topological polar surface area (TPSA) is 67.4 Å². The van der Waals surface area contributed by atoms with Crippen LogP contribution in [0, 0.1) is 5.92 Å². The molecule has 0 heterocycles. The molecule has 1 aromatic carbocycles. The summed E-state index contributed by atoms with van der Waals surface area (Å²) in [5, 5.41) is 3.18. The standard InChI is InChI=1S/C14H24N2O3S/c1-4-9-16-20(17,18)14-8-6-5-7-13(14)15-10-12(2)11-19-3/h5-8,12,15-16H,4,9-11H2,1-3H3. The van der Waals surface area contributed by atoms with Gasteiger partial charge in [-0.05, 0) is 24.5 Å². The highest BCUT2D eigenvalue weighted by Gasteiger charge is 2.17. The molecule has 20 heavy (non-hydrogen) atoms. The third-order valence-electron chi connectivity index (χ3n) is 2.81. The lowest BCUT2D eigenvalue weighted by atomic mass is 10.2. The minimum absolute atomic E-state index is 0.290. The molecular weight excluding hydrogens is 276 g/mol. The summed E-state index contributed by atoms with van der Waals surface area (Å²) in [6.07, 6.45) is 0.764. The fourth-order valence-electron chi connectivity index (χ4n) is 1.79. The van der Waals surface area contributed by atoms with Crippen LogP contribution in [0.2, 0.25) is 0 Å². The average Bonchev–Trinajstić information content (AvgIpc) is 2.43. The second-order valence-electron chi connectivity index (χ2n) is 4.84. The average molecular weight is 300 g/mol. The lowest BCUT2D eigenvalue weighted by Gasteiger charge is -2.16. The number of anilines is 1. The van der Waals surface area contributed by atoms with E-state index < -0.39 is 10.0 Å². The molecule has 114 valence electrons. The van der Waals surface area contributed by atoms with Crippen LogP contribution in [0.3, 0.4) is 0 Å². The molecule has 1 rings (SSSR count). The van der Waals surface area contributed by atoms with Gasteiger partial charge in [-0.25, -0.2) is 13.1 Å². The van der Waals surface area contributed by atoms with E-state index in [1.54, 1.807) is 25.3 Å². The van der Waals surface area contributed by atoms with Crippen LogP contribution in [0.15, 0.2) is 29.2 Å². The van der Waals surface area contributed by atoms with Crippen molar-refractivity contribution in [2.45, 2.75) is 25.2 Å². The van der Waals surface area contributed by atoms with Crippen molar-refractivity contribution in [1.82, 2.24) is 4.72 Å². The summed E-state index contributed by atoms with van der Waals surface area (Å²) in [5.74, 6) is 0.305. The first-order valence-electron chi connectivity index (χ1n) is 6.82. The lowest BCUT2D eigenvalue weighted by molar-refractivity contribution is 0.164. The zero-order valence-corrected chi connectivity index (χ0v) is 13.2. The smallest absolute Gasteiger partial charge is 0.242 e. The number of hydrogen-bond acceptors (Lipinski definition) is 4. The van der Waals surface area contributed by atoms with Gasteiger partial charge in [-0.1, -0.05) is 26.0 Å². The highest BCUT2D eigenvalue weighted by molar-refractivity contribution is 7.89. The third-order valence-corrected chi connectivity index (χ3v) is 4.33. The highest BCUT2D eigenvalue weighted by atomic mass is 32.2. The van der Waals surface area contributed by atoms with Gasteiger partial charge in [0, 0.05) is 20.2 Å². The SMILES string of the molecule is CCCNS(=O)(=O)c1ccccc1NCC(C)COC. The van der Waals surface area contributed by atoms with Crippen LogP contribution in [0.5, 0.6) is 0 Å². The van der Waals surface area contributed by atoms with E-state index in [1.165, 1.54) is 0 Å². The van der Waals surface area contributed by atoms with Crippen molar-refractivity contribution in [2.24, 2.45) is 5.92 Å². The number of benzene rings is 1. The van der Waals surface area contributed by atoms with Gasteiger partial charge in [0.05, 0.1) is 12.3 Å². The van der Waals surface area contributed by atoms with Crippen LogP contribution in [-0.4, -0.2) is 35.2 Å². The van der Waals surface area contributed by atoms with Crippen molar-refractivity contribution in [2.75, 3.05) is 32.1 Å². The first-order chi connectivity index (χ1) is 9.51. The molecule has 1 aromatic rings. The fraction of sp³-hybridized carbons (Fsp3) is 0.571. The monoisotopic (exact) mass is 300 g/mol. The maximum atomic E-state index is 12.2. The number of para-hydroxylation sites is 1. The largest absolute Gasteiger partial charge is 0.384 e. The van der Waals surface area contributed by atoms with Crippen molar-refractivity contribution in [1.29, 1.82) is 0 Å². The number of ether oxygens (including phenoxy) is 1. The molecule has 6 heteroatoms. The van der Waals surface area contributed by atoms with E-state index >= 15 is 0 Å². The zero-order valence-electron chi connectivity index (χ0n) is 12.3. The summed E-state index contributed by atoms with van der Waals surface area (Å²) in [6.45, 7) is 5.71. The van der Waals surface area contributed by atoms with Gasteiger partial charge in [-0.15, -0.1) is 0 Å². The molecule has 0 bridgehead atoms. The summed E-state index contributed by atoms with van der Waals surface area (Å²) in [7, 11) is -1.80. The van der Waals surface area contributed by atoms with Crippen molar-refractivity contribution < 1.29 is 13.2 Å². The van der Waals surface area contributed by atoms with Crippen molar-refractivity contribution >= 4 is 15.7 Å². The predicted octanol–water partition coefficient (Wildman–Crippen LogP) is 2.07. The summed E-state index contributed by atoms with van der Waals surface area (Å²) >= 11 is 0. The van der Waals surface area contributed by atoms with E-state index in [0.717, 1.165) is 6.42 Å². The zero-order chi connectivity index (χ0) is 15.0. The molecule has 1 atom stereocenters. The van der Waals surface area contributed by atoms with Crippen LogP contribution in [0.25, 0.3) is 0 Å². The number of hydrogen-bond donors (Lipinski definition) is 2. The van der Waals surface area contributed by atoms with Crippen LogP contribution >= 0.6 is 0 Å². The predicted molar refractivity (Wildman–Crippen MR) is 81.5 cm³/mol. The van der Waals surface area contributed by atoms with E-state index in [1.807, 2.05) is 19.9 Å². The summed E-state index contributed by atoms with van der Waals surface area (Å²) < 4.78 is 32.1. The molecular formula is C14H24N2O3S. The van der Waals surface area contributed by atoms with Crippen LogP contribution in [0.4, 0.5) is 5.69 Å². The Kier molecular flexibility index (Phi) is 6.98. The molecule has 0 aliphatic carbocycles. The molecule has 2 N–H and O–H groups in total. The van der Waals surface area contributed by atoms with E-state index in [4.69, 9.17) is 4.74 Å². The van der Waals surface area contributed by atoms with Gasteiger partial charge in [-0.3, -0.25) is 0 Å². The molecule has 0 fully saturated rings. The Morgan fingerprint density at radius 1 is 1.30 bits per heavy atom. The minimum atomic E-state index is -3.46. The van der Waals surface area contributed by atoms with Gasteiger partial charge in [0.25, 0.3) is 0 Å². The second-order valence-corrected chi connectivity index (χ2v) is 6.57.